The molecule has 2 aromatic carbocycles. The first-order valence-electron chi connectivity index (χ1n) is 9.19. The quantitative estimate of drug-likeness (QED) is 0.614. The third-order valence-electron chi connectivity index (χ3n) is 3.95. The minimum absolute atomic E-state index is 0.0279. The molecule has 146 valence electrons. The van der Waals surface area contributed by atoms with Gasteiger partial charge in [0.15, 0.2) is 18.0 Å². The summed E-state index contributed by atoms with van der Waals surface area (Å²) in [6.45, 7) is 6.15. The van der Waals surface area contributed by atoms with Gasteiger partial charge in [-0.05, 0) is 44.4 Å². The second kappa shape index (κ2) is 10.8. The first kappa shape index (κ1) is 21.1. The number of benzene rings is 2. The average Bonchev–Trinajstić information content (AvgIpc) is 2.64. The van der Waals surface area contributed by atoms with Gasteiger partial charge in [-0.3, -0.25) is 4.79 Å². The summed E-state index contributed by atoms with van der Waals surface area (Å²) in [5, 5.41) is 2.95. The fraction of sp³-hybridized carbons (Fsp3) is 0.381. The van der Waals surface area contributed by atoms with Gasteiger partial charge in [0.2, 0.25) is 0 Å². The lowest BCUT2D eigenvalue weighted by Crippen LogP contribution is -3.08. The molecule has 0 aromatic heterocycles. The molecule has 0 saturated heterocycles. The van der Waals surface area contributed by atoms with Crippen LogP contribution in [-0.4, -0.2) is 39.0 Å². The monoisotopic (exact) mass is 389 g/mol. The molecular formula is C21H29N2O3S+. The van der Waals surface area contributed by atoms with Crippen LogP contribution >= 0.6 is 11.8 Å². The number of ether oxygens (including phenoxy) is 2. The van der Waals surface area contributed by atoms with E-state index >= 15 is 0 Å². The van der Waals surface area contributed by atoms with E-state index in [4.69, 9.17) is 9.47 Å². The third kappa shape index (κ3) is 6.81. The molecule has 0 radical (unpaired) electrons. The summed E-state index contributed by atoms with van der Waals surface area (Å²) >= 11 is 1.73. The van der Waals surface area contributed by atoms with Crippen LogP contribution < -0.4 is 19.7 Å². The highest BCUT2D eigenvalue weighted by molar-refractivity contribution is 7.98. The molecule has 2 aromatic rings. The molecule has 6 heteroatoms. The fourth-order valence-corrected chi connectivity index (χ4v) is 3.17. The number of thioether (sulfide) groups is 1. The van der Waals surface area contributed by atoms with Gasteiger partial charge >= 0.3 is 0 Å². The number of rotatable bonds is 10. The van der Waals surface area contributed by atoms with E-state index < -0.39 is 0 Å². The number of anilines is 1. The van der Waals surface area contributed by atoms with E-state index in [-0.39, 0.29) is 5.91 Å². The maximum Gasteiger partial charge on any atom is 0.279 e. The molecule has 0 heterocycles. The second-order valence-corrected chi connectivity index (χ2v) is 7.11. The Morgan fingerprint density at radius 1 is 1.04 bits per heavy atom. The number of amides is 1. The molecule has 2 N–H and O–H groups in total. The lowest BCUT2D eigenvalue weighted by atomic mass is 10.2. The van der Waals surface area contributed by atoms with Gasteiger partial charge in [0, 0.05) is 22.2 Å². The lowest BCUT2D eigenvalue weighted by Gasteiger charge is -2.15. The predicted molar refractivity (Wildman–Crippen MR) is 111 cm³/mol. The number of hydrogen-bond acceptors (Lipinski definition) is 4. The van der Waals surface area contributed by atoms with Crippen molar-refractivity contribution < 1.29 is 19.2 Å². The fourth-order valence-electron chi connectivity index (χ4n) is 2.76. The Morgan fingerprint density at radius 2 is 1.70 bits per heavy atom. The van der Waals surface area contributed by atoms with Gasteiger partial charge in [-0.2, -0.15) is 0 Å². The number of carbonyl (C=O) groups is 1. The van der Waals surface area contributed by atoms with Crippen LogP contribution in [0.25, 0.3) is 0 Å². The van der Waals surface area contributed by atoms with Crippen LogP contribution in [0, 0.1) is 0 Å². The summed E-state index contributed by atoms with van der Waals surface area (Å²) in [4.78, 5) is 14.8. The van der Waals surface area contributed by atoms with E-state index in [0.717, 1.165) is 11.4 Å². The van der Waals surface area contributed by atoms with Crippen LogP contribution in [0.4, 0.5) is 5.69 Å². The Labute approximate surface area is 166 Å². The van der Waals surface area contributed by atoms with Crippen LogP contribution in [0.2, 0.25) is 0 Å². The van der Waals surface area contributed by atoms with Gasteiger partial charge in [-0.15, -0.1) is 11.8 Å². The van der Waals surface area contributed by atoms with Crippen LogP contribution in [0.5, 0.6) is 11.5 Å². The predicted octanol–water partition coefficient (Wildman–Crippen LogP) is 2.86. The van der Waals surface area contributed by atoms with Crippen molar-refractivity contribution in [2.24, 2.45) is 0 Å². The van der Waals surface area contributed by atoms with Gasteiger partial charge in [-0.25, -0.2) is 0 Å². The van der Waals surface area contributed by atoms with Crippen LogP contribution in [-0.2, 0) is 11.3 Å². The zero-order valence-corrected chi connectivity index (χ0v) is 17.3. The van der Waals surface area contributed by atoms with E-state index in [2.05, 4.69) is 35.8 Å². The Morgan fingerprint density at radius 3 is 2.33 bits per heavy atom. The highest BCUT2D eigenvalue weighted by Gasteiger charge is 2.13. The van der Waals surface area contributed by atoms with E-state index in [1.165, 1.54) is 10.5 Å². The topological polar surface area (TPSA) is 52.0 Å². The molecule has 0 aliphatic rings. The van der Waals surface area contributed by atoms with Gasteiger partial charge in [0.25, 0.3) is 5.91 Å². The molecule has 0 fully saturated rings. The van der Waals surface area contributed by atoms with Crippen molar-refractivity contribution in [2.45, 2.75) is 25.3 Å². The molecule has 0 bridgehead atoms. The zero-order chi connectivity index (χ0) is 19.6. The van der Waals surface area contributed by atoms with Gasteiger partial charge in [-0.1, -0.05) is 12.1 Å². The molecule has 27 heavy (non-hydrogen) atoms. The largest absolute Gasteiger partial charge is 0.490 e. The van der Waals surface area contributed by atoms with Crippen molar-refractivity contribution in [3.63, 3.8) is 0 Å². The summed E-state index contributed by atoms with van der Waals surface area (Å²) in [5.74, 6) is 1.31. The average molecular weight is 390 g/mol. The van der Waals surface area contributed by atoms with E-state index in [1.807, 2.05) is 39.1 Å². The highest BCUT2D eigenvalue weighted by atomic mass is 32.2. The molecule has 1 unspecified atom stereocenters. The molecule has 0 spiro atoms. The molecule has 1 atom stereocenters. The van der Waals surface area contributed by atoms with Gasteiger partial charge < -0.3 is 19.7 Å². The first-order chi connectivity index (χ1) is 13.0. The Kier molecular flexibility index (Phi) is 8.48. The summed E-state index contributed by atoms with van der Waals surface area (Å²) in [6, 6.07) is 13.9. The number of carbonyl (C=O) groups excluding carboxylic acids is 1. The Balaban J connectivity index is 1.92. The lowest BCUT2D eigenvalue weighted by molar-refractivity contribution is -0.885. The number of likely N-dealkylation sites (N-methyl/N-ethyl adjacent to an activating group) is 1. The molecule has 2 rings (SSSR count). The normalized spacial score (nSPS) is 11.7. The standard InChI is InChI=1S/C21H28N2O3S/c1-5-25-19-12-9-17(13-20(19)26-6-2)22-21(24)15-23(3)14-16-7-10-18(27-4)11-8-16/h7-13H,5-6,14-15H2,1-4H3,(H,22,24)/p+1. The number of hydrogen-bond donors (Lipinski definition) is 2. The third-order valence-corrected chi connectivity index (χ3v) is 4.70. The maximum atomic E-state index is 12.4. The van der Waals surface area contributed by atoms with Crippen LogP contribution in [0.15, 0.2) is 47.4 Å². The van der Waals surface area contributed by atoms with Gasteiger partial charge in [0.1, 0.15) is 6.54 Å². The zero-order valence-electron chi connectivity index (χ0n) is 16.5. The molecule has 0 aliphatic heterocycles. The van der Waals surface area contributed by atoms with Crippen molar-refractivity contribution in [1.29, 1.82) is 0 Å². The minimum Gasteiger partial charge on any atom is -0.490 e. The maximum absolute atomic E-state index is 12.4. The minimum atomic E-state index is -0.0279. The summed E-state index contributed by atoms with van der Waals surface area (Å²) in [7, 11) is 2.02. The number of quaternary nitrogens is 1. The van der Waals surface area contributed by atoms with Crippen molar-refractivity contribution in [3.05, 3.63) is 48.0 Å². The highest BCUT2D eigenvalue weighted by Crippen LogP contribution is 2.30. The second-order valence-electron chi connectivity index (χ2n) is 6.23. The number of nitrogens with one attached hydrogen (secondary N) is 2. The van der Waals surface area contributed by atoms with Crippen molar-refractivity contribution >= 4 is 23.4 Å². The Hall–Kier alpha value is -2.18. The van der Waals surface area contributed by atoms with Crippen molar-refractivity contribution in [1.82, 2.24) is 0 Å². The SMILES string of the molecule is CCOc1ccc(NC(=O)C[NH+](C)Cc2ccc(SC)cc2)cc1OCC. The van der Waals surface area contributed by atoms with Crippen LogP contribution in [0.1, 0.15) is 19.4 Å². The van der Waals surface area contributed by atoms with Crippen molar-refractivity contribution in [2.75, 3.05) is 38.4 Å². The van der Waals surface area contributed by atoms with E-state index in [1.54, 1.807) is 11.8 Å². The molecule has 1 amide bonds. The van der Waals surface area contributed by atoms with E-state index in [9.17, 15) is 4.79 Å². The van der Waals surface area contributed by atoms with Crippen molar-refractivity contribution in [3.8, 4) is 11.5 Å². The Bertz CT molecular complexity index is 735. The van der Waals surface area contributed by atoms with Gasteiger partial charge in [0.05, 0.1) is 20.3 Å². The smallest absolute Gasteiger partial charge is 0.279 e. The first-order valence-corrected chi connectivity index (χ1v) is 10.4. The summed E-state index contributed by atoms with van der Waals surface area (Å²) < 4.78 is 11.2. The summed E-state index contributed by atoms with van der Waals surface area (Å²) in [6.07, 6.45) is 2.06. The molecule has 5 nitrogen and oxygen atoms in total. The molecule has 0 aliphatic carbocycles. The molecule has 0 saturated carbocycles. The van der Waals surface area contributed by atoms with E-state index in [0.29, 0.717) is 36.9 Å². The molecular weight excluding hydrogens is 360 g/mol. The van der Waals surface area contributed by atoms with Crippen LogP contribution in [0.3, 0.4) is 0 Å². The summed E-state index contributed by atoms with van der Waals surface area (Å²) in [5.41, 5.74) is 1.93.